The summed E-state index contributed by atoms with van der Waals surface area (Å²) in [6.45, 7) is 0. The Morgan fingerprint density at radius 3 is 2.52 bits per heavy atom. The molecule has 0 bridgehead atoms. The van der Waals surface area contributed by atoms with E-state index in [2.05, 4.69) is 0 Å². The van der Waals surface area contributed by atoms with Gasteiger partial charge in [0.05, 0.1) is 10.7 Å². The first-order chi connectivity index (χ1) is 10.0. The lowest BCUT2D eigenvalue weighted by molar-refractivity contribution is -0.121. The Labute approximate surface area is 133 Å². The maximum Gasteiger partial charge on any atom is 0.301 e. The van der Waals surface area contributed by atoms with Crippen LogP contribution in [0.3, 0.4) is 0 Å². The van der Waals surface area contributed by atoms with E-state index in [1.54, 1.807) is 23.6 Å². The highest BCUT2D eigenvalue weighted by Gasteiger charge is 2.41. The Hall–Kier alpha value is -1.82. The van der Waals surface area contributed by atoms with Gasteiger partial charge in [-0.15, -0.1) is 11.3 Å². The molecule has 4 nitrogen and oxygen atoms in total. The highest BCUT2D eigenvalue weighted by atomic mass is 35.5. The van der Waals surface area contributed by atoms with Gasteiger partial charge in [-0.05, 0) is 29.6 Å². The van der Waals surface area contributed by atoms with Crippen molar-refractivity contribution in [3.8, 4) is 0 Å². The molecule has 106 valence electrons. The number of hydrogen-bond acceptors (Lipinski definition) is 4. The fourth-order valence-corrected chi connectivity index (χ4v) is 3.17. The van der Waals surface area contributed by atoms with E-state index in [1.165, 1.54) is 23.5 Å². The molecule has 0 saturated carbocycles. The Kier molecular flexibility index (Phi) is 3.49. The zero-order valence-electron chi connectivity index (χ0n) is 10.3. The Bertz CT molecular complexity index is 784. The Morgan fingerprint density at radius 2 is 1.86 bits per heavy atom. The summed E-state index contributed by atoms with van der Waals surface area (Å²) in [5.74, 6) is -2.02. The first kappa shape index (κ1) is 14.1. The van der Waals surface area contributed by atoms with E-state index in [9.17, 15) is 14.7 Å². The summed E-state index contributed by atoms with van der Waals surface area (Å²) >= 11 is 13.2. The summed E-state index contributed by atoms with van der Waals surface area (Å²) < 4.78 is 0. The molecule has 0 aliphatic carbocycles. The minimum Gasteiger partial charge on any atom is -0.502 e. The molecule has 1 aromatic heterocycles. The second kappa shape index (κ2) is 5.18. The quantitative estimate of drug-likeness (QED) is 0.844. The summed E-state index contributed by atoms with van der Waals surface area (Å²) in [5, 5.41) is 12.3. The number of aliphatic hydroxyl groups is 1. The van der Waals surface area contributed by atoms with Crippen LogP contribution in [0.4, 0.5) is 5.69 Å². The molecule has 1 aromatic carbocycles. The van der Waals surface area contributed by atoms with Gasteiger partial charge in [0, 0.05) is 9.90 Å². The van der Waals surface area contributed by atoms with Crippen molar-refractivity contribution < 1.29 is 14.7 Å². The van der Waals surface area contributed by atoms with E-state index >= 15 is 0 Å². The van der Waals surface area contributed by atoms with Crippen molar-refractivity contribution in [3.05, 3.63) is 56.4 Å². The van der Waals surface area contributed by atoms with Crippen molar-refractivity contribution in [1.82, 2.24) is 0 Å². The van der Waals surface area contributed by atoms with Crippen molar-refractivity contribution in [1.29, 1.82) is 0 Å². The molecule has 0 fully saturated rings. The van der Waals surface area contributed by atoms with Gasteiger partial charge >= 0.3 is 5.91 Å². The summed E-state index contributed by atoms with van der Waals surface area (Å²) in [6.07, 6.45) is 0. The molecular formula is C14H7Cl2NO3S. The van der Waals surface area contributed by atoms with E-state index in [-0.39, 0.29) is 16.3 Å². The van der Waals surface area contributed by atoms with Gasteiger partial charge < -0.3 is 5.11 Å². The maximum absolute atomic E-state index is 12.5. The van der Waals surface area contributed by atoms with Crippen molar-refractivity contribution in [2.24, 2.45) is 0 Å². The number of anilines is 1. The van der Waals surface area contributed by atoms with Crippen molar-refractivity contribution in [3.63, 3.8) is 0 Å². The molecular weight excluding hydrogens is 333 g/mol. The van der Waals surface area contributed by atoms with Gasteiger partial charge in [0.15, 0.2) is 5.76 Å². The van der Waals surface area contributed by atoms with Gasteiger partial charge in [0.1, 0.15) is 5.57 Å². The first-order valence-electron chi connectivity index (χ1n) is 5.81. The minimum atomic E-state index is -0.812. The molecule has 21 heavy (non-hydrogen) atoms. The van der Waals surface area contributed by atoms with Crippen LogP contribution in [0, 0.1) is 0 Å². The fourth-order valence-electron chi connectivity index (χ4n) is 2.04. The van der Waals surface area contributed by atoms with Crippen LogP contribution in [0.1, 0.15) is 4.88 Å². The molecule has 7 heteroatoms. The molecule has 3 rings (SSSR count). The normalized spacial score (nSPS) is 15.2. The van der Waals surface area contributed by atoms with E-state index in [4.69, 9.17) is 23.2 Å². The molecule has 1 N–H and O–H groups in total. The lowest BCUT2D eigenvalue weighted by Crippen LogP contribution is -2.31. The monoisotopic (exact) mass is 339 g/mol. The minimum absolute atomic E-state index is 0.0222. The number of aliphatic hydroxyl groups excluding tert-OH is 1. The van der Waals surface area contributed by atoms with Gasteiger partial charge in [-0.2, -0.15) is 0 Å². The number of halogens is 2. The molecule has 0 unspecified atom stereocenters. The average Bonchev–Trinajstić information content (AvgIpc) is 3.02. The van der Waals surface area contributed by atoms with Crippen molar-refractivity contribution >= 4 is 57.6 Å². The van der Waals surface area contributed by atoms with Crippen LogP contribution in [0.5, 0.6) is 0 Å². The molecule has 2 aromatic rings. The molecule has 0 atom stereocenters. The lowest BCUT2D eigenvalue weighted by atomic mass is 10.2. The topological polar surface area (TPSA) is 57.6 Å². The van der Waals surface area contributed by atoms with Crippen LogP contribution >= 0.6 is 34.5 Å². The summed E-state index contributed by atoms with van der Waals surface area (Å²) in [5.41, 5.74) is 0.128. The number of amides is 2. The van der Waals surface area contributed by atoms with Gasteiger partial charge in [-0.1, -0.05) is 29.3 Å². The smallest absolute Gasteiger partial charge is 0.301 e. The van der Waals surface area contributed by atoms with Gasteiger partial charge in [0.2, 0.25) is 0 Å². The van der Waals surface area contributed by atoms with Crippen LogP contribution in [-0.2, 0) is 9.59 Å². The Balaban J connectivity index is 2.11. The number of benzene rings is 1. The molecule has 1 aliphatic rings. The predicted octanol–water partition coefficient (Wildman–Crippen LogP) is 3.90. The van der Waals surface area contributed by atoms with E-state index in [1.807, 2.05) is 0 Å². The van der Waals surface area contributed by atoms with Crippen molar-refractivity contribution in [2.75, 3.05) is 4.90 Å². The van der Waals surface area contributed by atoms with Crippen molar-refractivity contribution in [2.45, 2.75) is 0 Å². The molecule has 0 saturated heterocycles. The average molecular weight is 340 g/mol. The molecule has 2 heterocycles. The highest BCUT2D eigenvalue weighted by Crippen LogP contribution is 2.37. The van der Waals surface area contributed by atoms with Crippen LogP contribution in [0.25, 0.3) is 5.57 Å². The first-order valence-corrected chi connectivity index (χ1v) is 7.45. The third-order valence-electron chi connectivity index (χ3n) is 2.98. The largest absolute Gasteiger partial charge is 0.502 e. The van der Waals surface area contributed by atoms with E-state index in [0.717, 1.165) is 4.90 Å². The lowest BCUT2D eigenvalue weighted by Gasteiger charge is -2.16. The SMILES string of the molecule is O=C1C(O)=C(c2cccs2)C(=O)N1c1cc(Cl)ccc1Cl. The predicted molar refractivity (Wildman–Crippen MR) is 82.8 cm³/mol. The molecule has 0 spiro atoms. The fraction of sp³-hybridized carbons (Fsp3) is 0. The van der Waals surface area contributed by atoms with E-state index in [0.29, 0.717) is 9.90 Å². The number of carbonyl (C=O) groups excluding carboxylic acids is 2. The Morgan fingerprint density at radius 1 is 1.10 bits per heavy atom. The van der Waals surface area contributed by atoms with E-state index < -0.39 is 17.6 Å². The van der Waals surface area contributed by atoms with Gasteiger partial charge in [-0.3, -0.25) is 9.59 Å². The number of nitrogens with zero attached hydrogens (tertiary/aromatic N) is 1. The maximum atomic E-state index is 12.5. The number of imide groups is 1. The second-order valence-electron chi connectivity index (χ2n) is 4.24. The van der Waals surface area contributed by atoms with Crippen LogP contribution in [0.15, 0.2) is 41.5 Å². The summed E-state index contributed by atoms with van der Waals surface area (Å²) in [6, 6.07) is 7.83. The number of carbonyl (C=O) groups is 2. The summed E-state index contributed by atoms with van der Waals surface area (Å²) in [4.78, 5) is 26.0. The molecule has 1 aliphatic heterocycles. The van der Waals surface area contributed by atoms with Gasteiger partial charge in [-0.25, -0.2) is 4.90 Å². The molecule has 2 amide bonds. The van der Waals surface area contributed by atoms with Crippen LogP contribution in [-0.4, -0.2) is 16.9 Å². The highest BCUT2D eigenvalue weighted by molar-refractivity contribution is 7.11. The van der Waals surface area contributed by atoms with Crippen LogP contribution < -0.4 is 4.90 Å². The number of hydrogen-bond donors (Lipinski definition) is 1. The van der Waals surface area contributed by atoms with Gasteiger partial charge in [0.25, 0.3) is 5.91 Å². The number of rotatable bonds is 2. The summed E-state index contributed by atoms with van der Waals surface area (Å²) in [7, 11) is 0. The zero-order chi connectivity index (χ0) is 15.1. The second-order valence-corrected chi connectivity index (χ2v) is 6.03. The standard InChI is InChI=1S/C14H7Cl2NO3S/c15-7-3-4-8(16)9(6-7)17-13(19)11(12(18)14(17)20)10-2-1-5-21-10/h1-6,18H. The van der Waals surface area contributed by atoms with Crippen LogP contribution in [0.2, 0.25) is 10.0 Å². The molecule has 0 radical (unpaired) electrons. The number of thiophene rings is 1. The third kappa shape index (κ3) is 2.23. The zero-order valence-corrected chi connectivity index (χ0v) is 12.7. The third-order valence-corrected chi connectivity index (χ3v) is 4.42.